The fraction of sp³-hybridized carbons (Fsp3) is 0.909. The maximum Gasteiger partial charge on any atom is 0.309 e. The van der Waals surface area contributed by atoms with Gasteiger partial charge in [-0.25, -0.2) is 0 Å². The normalized spacial score (nSPS) is 31.4. The van der Waals surface area contributed by atoms with Crippen molar-refractivity contribution in [3.8, 4) is 0 Å². The molecule has 1 heterocycles. The maximum absolute atomic E-state index is 11.5. The molecule has 1 aliphatic heterocycles. The smallest absolute Gasteiger partial charge is 0.309 e. The summed E-state index contributed by atoms with van der Waals surface area (Å²) in [6.45, 7) is 0.655. The number of esters is 1. The van der Waals surface area contributed by atoms with Crippen molar-refractivity contribution in [2.24, 2.45) is 11.8 Å². The van der Waals surface area contributed by atoms with Crippen LogP contribution in [-0.2, 0) is 9.53 Å². The Hall–Kier alpha value is -0.530. The van der Waals surface area contributed by atoms with E-state index < -0.39 is 0 Å². The predicted octanol–water partition coefficient (Wildman–Crippen LogP) is 2.52. The van der Waals surface area contributed by atoms with E-state index in [0.717, 1.165) is 12.8 Å². The first-order chi connectivity index (χ1) is 6.38. The fourth-order valence-corrected chi connectivity index (χ4v) is 2.67. The minimum Gasteiger partial charge on any atom is -0.465 e. The Morgan fingerprint density at radius 3 is 2.46 bits per heavy atom. The highest BCUT2D eigenvalue weighted by molar-refractivity contribution is 5.73. The van der Waals surface area contributed by atoms with Gasteiger partial charge in [0.1, 0.15) is 0 Å². The summed E-state index contributed by atoms with van der Waals surface area (Å²) in [7, 11) is 0. The third kappa shape index (κ3) is 2.04. The molecule has 74 valence electrons. The summed E-state index contributed by atoms with van der Waals surface area (Å²) < 4.78 is 5.10. The molecule has 1 aliphatic carbocycles. The molecule has 1 saturated heterocycles. The minimum absolute atomic E-state index is 0.0816. The first-order valence-corrected chi connectivity index (χ1v) is 5.54. The average molecular weight is 182 g/mol. The number of carbonyl (C=O) groups excluding carboxylic acids is 1. The second-order valence-electron chi connectivity index (χ2n) is 4.31. The average Bonchev–Trinajstić information content (AvgIpc) is 2.20. The molecule has 1 saturated carbocycles. The van der Waals surface area contributed by atoms with E-state index in [-0.39, 0.29) is 11.9 Å². The zero-order valence-electron chi connectivity index (χ0n) is 8.13. The number of ether oxygens (including phenoxy) is 1. The SMILES string of the molecule is O=C1OCCCC1C1CCCCC1. The van der Waals surface area contributed by atoms with Crippen LogP contribution in [0.25, 0.3) is 0 Å². The quantitative estimate of drug-likeness (QED) is 0.582. The summed E-state index contributed by atoms with van der Waals surface area (Å²) in [5, 5.41) is 0. The predicted molar refractivity (Wildman–Crippen MR) is 50.3 cm³/mol. The highest BCUT2D eigenvalue weighted by Gasteiger charge is 2.32. The summed E-state index contributed by atoms with van der Waals surface area (Å²) >= 11 is 0. The highest BCUT2D eigenvalue weighted by atomic mass is 16.5. The molecule has 0 spiro atoms. The molecule has 0 aromatic rings. The van der Waals surface area contributed by atoms with Gasteiger partial charge in [0.25, 0.3) is 0 Å². The van der Waals surface area contributed by atoms with Gasteiger partial charge in [-0.15, -0.1) is 0 Å². The minimum atomic E-state index is 0.0816. The molecule has 0 bridgehead atoms. The van der Waals surface area contributed by atoms with Gasteiger partial charge in [-0.2, -0.15) is 0 Å². The first kappa shape index (κ1) is 9.04. The lowest BCUT2D eigenvalue weighted by Gasteiger charge is -2.31. The third-order valence-corrected chi connectivity index (χ3v) is 3.43. The fourth-order valence-electron chi connectivity index (χ4n) is 2.67. The van der Waals surface area contributed by atoms with Crippen molar-refractivity contribution < 1.29 is 9.53 Å². The Labute approximate surface area is 79.7 Å². The zero-order valence-corrected chi connectivity index (χ0v) is 8.13. The van der Waals surface area contributed by atoms with Crippen molar-refractivity contribution >= 4 is 5.97 Å². The van der Waals surface area contributed by atoms with Gasteiger partial charge < -0.3 is 4.74 Å². The molecule has 2 rings (SSSR count). The van der Waals surface area contributed by atoms with Crippen molar-refractivity contribution in [3.05, 3.63) is 0 Å². The molecule has 1 unspecified atom stereocenters. The summed E-state index contributed by atoms with van der Waals surface area (Å²) in [5.74, 6) is 0.966. The van der Waals surface area contributed by atoms with Gasteiger partial charge >= 0.3 is 5.97 Å². The van der Waals surface area contributed by atoms with E-state index in [1.165, 1.54) is 32.1 Å². The van der Waals surface area contributed by atoms with Gasteiger partial charge in [0.15, 0.2) is 0 Å². The number of hydrogen-bond donors (Lipinski definition) is 0. The molecule has 2 fully saturated rings. The summed E-state index contributed by atoms with van der Waals surface area (Å²) in [6.07, 6.45) is 8.64. The van der Waals surface area contributed by atoms with Crippen molar-refractivity contribution in [2.45, 2.75) is 44.9 Å². The number of hydrogen-bond acceptors (Lipinski definition) is 2. The van der Waals surface area contributed by atoms with Crippen molar-refractivity contribution in [3.63, 3.8) is 0 Å². The molecular formula is C11H18O2. The van der Waals surface area contributed by atoms with Gasteiger partial charge in [-0.1, -0.05) is 19.3 Å². The summed E-state index contributed by atoms with van der Waals surface area (Å²) in [4.78, 5) is 11.5. The van der Waals surface area contributed by atoms with Gasteiger partial charge in [-0.05, 0) is 31.6 Å². The third-order valence-electron chi connectivity index (χ3n) is 3.43. The number of carbonyl (C=O) groups is 1. The lowest BCUT2D eigenvalue weighted by Crippen LogP contribution is -2.31. The van der Waals surface area contributed by atoms with Crippen LogP contribution in [0, 0.1) is 11.8 Å². The van der Waals surface area contributed by atoms with Gasteiger partial charge in [0.05, 0.1) is 12.5 Å². The largest absolute Gasteiger partial charge is 0.465 e. The second kappa shape index (κ2) is 4.12. The highest BCUT2D eigenvalue weighted by Crippen LogP contribution is 2.34. The molecule has 0 aromatic heterocycles. The van der Waals surface area contributed by atoms with Crippen LogP contribution in [0.4, 0.5) is 0 Å². The molecule has 2 aliphatic rings. The van der Waals surface area contributed by atoms with Crippen LogP contribution < -0.4 is 0 Å². The lowest BCUT2D eigenvalue weighted by molar-refractivity contribution is -0.155. The number of rotatable bonds is 1. The molecular weight excluding hydrogens is 164 g/mol. The number of cyclic esters (lactones) is 1. The van der Waals surface area contributed by atoms with E-state index in [1.54, 1.807) is 0 Å². The van der Waals surface area contributed by atoms with Gasteiger partial charge in [0, 0.05) is 0 Å². The Morgan fingerprint density at radius 2 is 1.77 bits per heavy atom. The van der Waals surface area contributed by atoms with Gasteiger partial charge in [0.2, 0.25) is 0 Å². The first-order valence-electron chi connectivity index (χ1n) is 5.54. The second-order valence-corrected chi connectivity index (χ2v) is 4.31. The molecule has 0 N–H and O–H groups in total. The monoisotopic (exact) mass is 182 g/mol. The van der Waals surface area contributed by atoms with E-state index in [0.29, 0.717) is 12.5 Å². The van der Waals surface area contributed by atoms with E-state index in [9.17, 15) is 4.79 Å². The Bertz CT molecular complexity index is 183. The molecule has 0 amide bonds. The lowest BCUT2D eigenvalue weighted by atomic mass is 9.77. The van der Waals surface area contributed by atoms with Crippen LogP contribution in [0.1, 0.15) is 44.9 Å². The Balaban J connectivity index is 1.92. The van der Waals surface area contributed by atoms with Crippen molar-refractivity contribution in [2.75, 3.05) is 6.61 Å². The summed E-state index contributed by atoms with van der Waals surface area (Å²) in [6, 6.07) is 0. The van der Waals surface area contributed by atoms with E-state index in [2.05, 4.69) is 0 Å². The zero-order chi connectivity index (χ0) is 9.10. The van der Waals surface area contributed by atoms with Crippen molar-refractivity contribution in [1.82, 2.24) is 0 Å². The summed E-state index contributed by atoms with van der Waals surface area (Å²) in [5.41, 5.74) is 0. The van der Waals surface area contributed by atoms with Crippen molar-refractivity contribution in [1.29, 1.82) is 0 Å². The van der Waals surface area contributed by atoms with Gasteiger partial charge in [-0.3, -0.25) is 4.79 Å². The van der Waals surface area contributed by atoms with E-state index in [1.807, 2.05) is 0 Å². The van der Waals surface area contributed by atoms with Crippen LogP contribution in [0.3, 0.4) is 0 Å². The topological polar surface area (TPSA) is 26.3 Å². The Kier molecular flexibility index (Phi) is 2.87. The van der Waals surface area contributed by atoms with Crippen LogP contribution in [-0.4, -0.2) is 12.6 Å². The molecule has 0 aromatic carbocycles. The van der Waals surface area contributed by atoms with E-state index in [4.69, 9.17) is 4.74 Å². The van der Waals surface area contributed by atoms with E-state index >= 15 is 0 Å². The van der Waals surface area contributed by atoms with Crippen LogP contribution >= 0.6 is 0 Å². The molecule has 0 radical (unpaired) electrons. The molecule has 2 nitrogen and oxygen atoms in total. The van der Waals surface area contributed by atoms with Crippen LogP contribution in [0.2, 0.25) is 0 Å². The molecule has 2 heteroatoms. The standard InChI is InChI=1S/C11H18O2/c12-11-10(7-4-8-13-11)9-5-2-1-3-6-9/h9-10H,1-8H2. The van der Waals surface area contributed by atoms with Crippen LogP contribution in [0.5, 0.6) is 0 Å². The Morgan fingerprint density at radius 1 is 1.00 bits per heavy atom. The molecule has 1 atom stereocenters. The molecule has 13 heavy (non-hydrogen) atoms. The maximum atomic E-state index is 11.5. The van der Waals surface area contributed by atoms with Crippen LogP contribution in [0.15, 0.2) is 0 Å².